The molecule has 0 spiro atoms. The Morgan fingerprint density at radius 2 is 1.36 bits per heavy atom. The molecule has 39 heavy (non-hydrogen) atoms. The van der Waals surface area contributed by atoms with Crippen molar-refractivity contribution < 1.29 is 14.3 Å². The average molecular weight is 529 g/mol. The van der Waals surface area contributed by atoms with E-state index in [2.05, 4.69) is 68.1 Å². The van der Waals surface area contributed by atoms with Gasteiger partial charge in [-0.05, 0) is 85.3 Å². The van der Waals surface area contributed by atoms with Crippen molar-refractivity contribution >= 4 is 5.91 Å². The van der Waals surface area contributed by atoms with Crippen LogP contribution in [0.3, 0.4) is 0 Å². The summed E-state index contributed by atoms with van der Waals surface area (Å²) in [6.07, 6.45) is 6.97. The first-order valence-electron chi connectivity index (χ1n) is 14.7. The van der Waals surface area contributed by atoms with Gasteiger partial charge in [-0.15, -0.1) is 0 Å². The fraction of sp³-hybridized carbons (Fsp3) is 0.441. The van der Waals surface area contributed by atoms with Crippen LogP contribution in [0, 0.1) is 0 Å². The van der Waals surface area contributed by atoms with E-state index in [1.807, 2.05) is 29.2 Å². The van der Waals surface area contributed by atoms with Crippen LogP contribution in [0.25, 0.3) is 11.1 Å². The number of aryl methyl sites for hydroxylation is 1. The minimum Gasteiger partial charge on any atom is -0.454 e. The highest BCUT2D eigenvalue weighted by Crippen LogP contribution is 2.36. The predicted octanol–water partition coefficient (Wildman–Crippen LogP) is 7.58. The highest BCUT2D eigenvalue weighted by atomic mass is 16.7. The number of ether oxygens (including phenoxy) is 2. The predicted molar refractivity (Wildman–Crippen MR) is 159 cm³/mol. The number of amides is 1. The van der Waals surface area contributed by atoms with Gasteiger partial charge in [0.15, 0.2) is 11.5 Å². The quantitative estimate of drug-likeness (QED) is 0.191. The maximum Gasteiger partial charge on any atom is 0.254 e. The number of rotatable bonds is 15. The molecule has 5 nitrogen and oxygen atoms in total. The zero-order valence-corrected chi connectivity index (χ0v) is 24.0. The zero-order chi connectivity index (χ0) is 27.5. The molecule has 1 aliphatic rings. The molecule has 0 saturated heterocycles. The van der Waals surface area contributed by atoms with Gasteiger partial charge in [-0.1, -0.05) is 76.1 Å². The normalized spacial score (nSPS) is 12.2. The van der Waals surface area contributed by atoms with Crippen molar-refractivity contribution in [3.05, 3.63) is 83.4 Å². The topological polar surface area (TPSA) is 42.0 Å². The number of hydrogen-bond donors (Lipinski definition) is 0. The highest BCUT2D eigenvalue weighted by Gasteiger charge is 2.18. The van der Waals surface area contributed by atoms with Crippen LogP contribution in [-0.2, 0) is 13.0 Å². The minimum atomic E-state index is 0.0999. The standard InChI is InChI=1S/C34H44N2O3/c1-4-7-8-9-27-10-16-30(17-11-27)34(37)36(23-22-35(20-5-2)21-6-3)25-28-12-14-29(15-13-28)31-18-19-32-33(24-31)39-26-38-32/h10-19,24H,4-9,20-23,25-26H2,1-3H3. The van der Waals surface area contributed by atoms with Crippen LogP contribution >= 0.6 is 0 Å². The average Bonchev–Trinajstić information content (AvgIpc) is 3.44. The molecule has 4 rings (SSSR count). The van der Waals surface area contributed by atoms with E-state index < -0.39 is 0 Å². The first-order chi connectivity index (χ1) is 19.1. The molecule has 0 bridgehead atoms. The second-order valence-corrected chi connectivity index (χ2v) is 10.5. The van der Waals surface area contributed by atoms with Crippen molar-refractivity contribution in [3.8, 4) is 22.6 Å². The van der Waals surface area contributed by atoms with Crippen LogP contribution in [0.5, 0.6) is 11.5 Å². The highest BCUT2D eigenvalue weighted by molar-refractivity contribution is 5.94. The van der Waals surface area contributed by atoms with Crippen molar-refractivity contribution in [2.24, 2.45) is 0 Å². The minimum absolute atomic E-state index is 0.0999. The summed E-state index contributed by atoms with van der Waals surface area (Å²) >= 11 is 0. The molecular formula is C34H44N2O3. The van der Waals surface area contributed by atoms with Crippen molar-refractivity contribution in [2.75, 3.05) is 33.0 Å². The van der Waals surface area contributed by atoms with Crippen molar-refractivity contribution in [1.82, 2.24) is 9.80 Å². The fourth-order valence-corrected chi connectivity index (χ4v) is 5.16. The van der Waals surface area contributed by atoms with E-state index in [1.54, 1.807) is 0 Å². The van der Waals surface area contributed by atoms with E-state index >= 15 is 0 Å². The Morgan fingerprint density at radius 3 is 2.05 bits per heavy atom. The summed E-state index contributed by atoms with van der Waals surface area (Å²) in [4.78, 5) is 18.2. The van der Waals surface area contributed by atoms with Gasteiger partial charge in [0, 0.05) is 25.2 Å². The van der Waals surface area contributed by atoms with Gasteiger partial charge in [0.2, 0.25) is 6.79 Å². The van der Waals surface area contributed by atoms with Gasteiger partial charge in [-0.3, -0.25) is 4.79 Å². The third-order valence-corrected chi connectivity index (χ3v) is 7.36. The molecule has 3 aromatic rings. The third kappa shape index (κ3) is 8.09. The second kappa shape index (κ2) is 14.7. The van der Waals surface area contributed by atoms with Gasteiger partial charge in [0.05, 0.1) is 0 Å². The number of carbonyl (C=O) groups excluding carboxylic acids is 1. The number of unbranched alkanes of at least 4 members (excludes halogenated alkanes) is 2. The molecule has 208 valence electrons. The Balaban J connectivity index is 1.48. The molecule has 1 aliphatic heterocycles. The van der Waals surface area contributed by atoms with Crippen LogP contribution in [0.1, 0.15) is 74.4 Å². The first-order valence-corrected chi connectivity index (χ1v) is 14.7. The van der Waals surface area contributed by atoms with Crippen molar-refractivity contribution in [3.63, 3.8) is 0 Å². The van der Waals surface area contributed by atoms with E-state index in [-0.39, 0.29) is 12.7 Å². The summed E-state index contributed by atoms with van der Waals surface area (Å²) in [5.74, 6) is 1.68. The Labute approximate surface area is 234 Å². The maximum absolute atomic E-state index is 13.7. The summed E-state index contributed by atoms with van der Waals surface area (Å²) < 4.78 is 11.0. The van der Waals surface area contributed by atoms with Crippen molar-refractivity contribution in [1.29, 1.82) is 0 Å². The first kappa shape index (κ1) is 28.7. The Morgan fingerprint density at radius 1 is 0.692 bits per heavy atom. The van der Waals surface area contributed by atoms with Crippen LogP contribution in [0.4, 0.5) is 0 Å². The molecule has 0 aliphatic carbocycles. The van der Waals surface area contributed by atoms with Crippen LogP contribution < -0.4 is 9.47 Å². The van der Waals surface area contributed by atoms with Crippen LogP contribution in [0.2, 0.25) is 0 Å². The van der Waals surface area contributed by atoms with Crippen LogP contribution in [-0.4, -0.2) is 48.7 Å². The number of benzene rings is 3. The SMILES string of the molecule is CCCCCc1ccc(C(=O)N(CCN(CCC)CCC)Cc2ccc(-c3ccc4c(c3)OCO4)cc2)cc1. The van der Waals surface area contributed by atoms with Gasteiger partial charge >= 0.3 is 0 Å². The van der Waals surface area contributed by atoms with Gasteiger partial charge in [-0.2, -0.15) is 0 Å². The third-order valence-electron chi connectivity index (χ3n) is 7.36. The van der Waals surface area contributed by atoms with E-state index in [0.717, 1.165) is 72.6 Å². The molecule has 0 saturated carbocycles. The van der Waals surface area contributed by atoms with Crippen LogP contribution in [0.15, 0.2) is 66.7 Å². The monoisotopic (exact) mass is 528 g/mol. The summed E-state index contributed by atoms with van der Waals surface area (Å²) in [5, 5.41) is 0. The molecule has 0 atom stereocenters. The summed E-state index contributed by atoms with van der Waals surface area (Å²) in [6, 6.07) is 22.8. The van der Waals surface area contributed by atoms with E-state index in [1.165, 1.54) is 24.8 Å². The fourth-order valence-electron chi connectivity index (χ4n) is 5.16. The molecule has 0 radical (unpaired) electrons. The molecule has 3 aromatic carbocycles. The van der Waals surface area contributed by atoms with E-state index in [9.17, 15) is 4.79 Å². The second-order valence-electron chi connectivity index (χ2n) is 10.5. The lowest BCUT2D eigenvalue weighted by molar-refractivity contribution is 0.0721. The maximum atomic E-state index is 13.7. The largest absolute Gasteiger partial charge is 0.454 e. The Kier molecular flexibility index (Phi) is 10.8. The molecule has 0 aromatic heterocycles. The van der Waals surface area contributed by atoms with E-state index in [4.69, 9.17) is 9.47 Å². The van der Waals surface area contributed by atoms with Crippen molar-refractivity contribution in [2.45, 2.75) is 65.8 Å². The summed E-state index contributed by atoms with van der Waals surface area (Å²) in [6.45, 7) is 11.2. The van der Waals surface area contributed by atoms with Gasteiger partial charge in [-0.25, -0.2) is 0 Å². The molecule has 1 amide bonds. The molecular weight excluding hydrogens is 484 g/mol. The van der Waals surface area contributed by atoms with Gasteiger partial charge in [0.1, 0.15) is 0 Å². The molecule has 5 heteroatoms. The smallest absolute Gasteiger partial charge is 0.254 e. The molecule has 0 unspecified atom stereocenters. The summed E-state index contributed by atoms with van der Waals surface area (Å²) in [7, 11) is 0. The Hall–Kier alpha value is -3.31. The lowest BCUT2D eigenvalue weighted by Gasteiger charge is -2.28. The lowest BCUT2D eigenvalue weighted by Crippen LogP contribution is -2.39. The number of nitrogens with zero attached hydrogens (tertiary/aromatic N) is 2. The molecule has 0 fully saturated rings. The summed E-state index contributed by atoms with van der Waals surface area (Å²) in [5.41, 5.74) is 5.41. The number of carbonyl (C=O) groups is 1. The van der Waals surface area contributed by atoms with E-state index in [0.29, 0.717) is 13.1 Å². The van der Waals surface area contributed by atoms with Gasteiger partial charge in [0.25, 0.3) is 5.91 Å². The molecule has 1 heterocycles. The lowest BCUT2D eigenvalue weighted by atomic mass is 10.0. The van der Waals surface area contributed by atoms with Gasteiger partial charge < -0.3 is 19.3 Å². The Bertz CT molecular complexity index is 1170. The zero-order valence-electron chi connectivity index (χ0n) is 24.0. The molecule has 0 N–H and O–H groups in total. The number of fused-ring (bicyclic) bond motifs is 1. The number of hydrogen-bond acceptors (Lipinski definition) is 4.